The summed E-state index contributed by atoms with van der Waals surface area (Å²) in [4.78, 5) is 6.70. The van der Waals surface area contributed by atoms with Crippen molar-refractivity contribution in [3.63, 3.8) is 0 Å². The van der Waals surface area contributed by atoms with Crippen molar-refractivity contribution < 1.29 is 0 Å². The second-order valence-corrected chi connectivity index (χ2v) is 6.59. The molecule has 25 heavy (non-hydrogen) atoms. The molecule has 0 bridgehead atoms. The van der Waals surface area contributed by atoms with E-state index in [0.717, 1.165) is 19.5 Å². The van der Waals surface area contributed by atoms with Crippen LogP contribution in [-0.4, -0.2) is 21.7 Å². The van der Waals surface area contributed by atoms with Crippen LogP contribution in [0.25, 0.3) is 0 Å². The van der Waals surface area contributed by atoms with Crippen LogP contribution >= 0.6 is 23.2 Å². The molecule has 1 aliphatic heterocycles. The lowest BCUT2D eigenvalue weighted by Crippen LogP contribution is -2.32. The predicted molar refractivity (Wildman–Crippen MR) is 101 cm³/mol. The quantitative estimate of drug-likeness (QED) is 0.735. The molecule has 1 N–H and O–H groups in total. The van der Waals surface area contributed by atoms with Gasteiger partial charge in [-0.3, -0.25) is 0 Å². The number of hydrogen-bond donors (Lipinski definition) is 1. The maximum absolute atomic E-state index is 6.22. The first kappa shape index (κ1) is 16.1. The zero-order valence-electron chi connectivity index (χ0n) is 13.3. The summed E-state index contributed by atoms with van der Waals surface area (Å²) in [5, 5.41) is 12.4. The Hall–Kier alpha value is -2.37. The first-order chi connectivity index (χ1) is 12.2. The highest BCUT2D eigenvalue weighted by Gasteiger charge is 2.19. The highest BCUT2D eigenvalue weighted by Crippen LogP contribution is 2.31. The Kier molecular flexibility index (Phi) is 4.42. The van der Waals surface area contributed by atoms with Gasteiger partial charge in [-0.05, 0) is 29.7 Å². The number of anilines is 3. The predicted octanol–water partition coefficient (Wildman–Crippen LogP) is 4.48. The van der Waals surface area contributed by atoms with Gasteiger partial charge in [-0.1, -0.05) is 53.5 Å². The number of nitrogens with zero attached hydrogens (tertiary/aromatic N) is 4. The lowest BCUT2D eigenvalue weighted by molar-refractivity contribution is 0.698. The van der Waals surface area contributed by atoms with E-state index in [2.05, 4.69) is 49.7 Å². The molecule has 0 saturated carbocycles. The van der Waals surface area contributed by atoms with Gasteiger partial charge in [0.25, 0.3) is 0 Å². The van der Waals surface area contributed by atoms with E-state index in [4.69, 9.17) is 23.2 Å². The highest BCUT2D eigenvalue weighted by molar-refractivity contribution is 6.43. The van der Waals surface area contributed by atoms with Gasteiger partial charge in [0.15, 0.2) is 5.82 Å². The molecule has 0 saturated heterocycles. The van der Waals surface area contributed by atoms with Crippen molar-refractivity contribution in [1.82, 2.24) is 15.2 Å². The van der Waals surface area contributed by atoms with Crippen LogP contribution in [0, 0.1) is 0 Å². The van der Waals surface area contributed by atoms with Gasteiger partial charge >= 0.3 is 0 Å². The average molecular weight is 372 g/mol. The zero-order valence-corrected chi connectivity index (χ0v) is 14.8. The molecule has 0 amide bonds. The number of rotatable bonds is 3. The van der Waals surface area contributed by atoms with Crippen LogP contribution in [-0.2, 0) is 13.0 Å². The van der Waals surface area contributed by atoms with Crippen molar-refractivity contribution in [2.24, 2.45) is 0 Å². The number of fused-ring (bicyclic) bond motifs is 1. The molecular weight excluding hydrogens is 357 g/mol. The number of aromatic nitrogens is 3. The average Bonchev–Trinajstić information content (AvgIpc) is 2.65. The summed E-state index contributed by atoms with van der Waals surface area (Å²) in [5.41, 5.74) is 3.37. The molecule has 0 radical (unpaired) electrons. The summed E-state index contributed by atoms with van der Waals surface area (Å²) in [7, 11) is 0. The standard InChI is InChI=1S/C18H15Cl2N5/c19-14-6-3-7-15(17(14)20)22-16-10-21-24-18(23-16)25-9-8-12-4-1-2-5-13(12)11-25/h1-7,10H,8-9,11H2,(H,22,23,24). The first-order valence-corrected chi connectivity index (χ1v) is 8.69. The summed E-state index contributed by atoms with van der Waals surface area (Å²) in [6, 6.07) is 13.9. The van der Waals surface area contributed by atoms with Gasteiger partial charge in [0.05, 0.1) is 21.9 Å². The van der Waals surface area contributed by atoms with Crippen LogP contribution in [0.4, 0.5) is 17.5 Å². The number of nitrogens with one attached hydrogen (secondary N) is 1. The van der Waals surface area contributed by atoms with Gasteiger partial charge in [0, 0.05) is 13.1 Å². The molecule has 0 fully saturated rings. The number of benzene rings is 2. The lowest BCUT2D eigenvalue weighted by Gasteiger charge is -2.28. The first-order valence-electron chi connectivity index (χ1n) is 7.93. The minimum absolute atomic E-state index is 0.455. The highest BCUT2D eigenvalue weighted by atomic mass is 35.5. The minimum Gasteiger partial charge on any atom is -0.338 e. The van der Waals surface area contributed by atoms with Crippen LogP contribution in [0.15, 0.2) is 48.7 Å². The zero-order chi connectivity index (χ0) is 17.2. The van der Waals surface area contributed by atoms with E-state index in [1.165, 1.54) is 11.1 Å². The third kappa shape index (κ3) is 3.38. The Morgan fingerprint density at radius 2 is 1.84 bits per heavy atom. The maximum atomic E-state index is 6.22. The second-order valence-electron chi connectivity index (χ2n) is 5.81. The Labute approximate surface area is 155 Å². The third-order valence-electron chi connectivity index (χ3n) is 4.18. The van der Waals surface area contributed by atoms with E-state index in [9.17, 15) is 0 Å². The van der Waals surface area contributed by atoms with E-state index < -0.39 is 0 Å². The van der Waals surface area contributed by atoms with Crippen molar-refractivity contribution in [1.29, 1.82) is 0 Å². The van der Waals surface area contributed by atoms with Gasteiger partial charge < -0.3 is 10.2 Å². The summed E-state index contributed by atoms with van der Waals surface area (Å²) >= 11 is 12.3. The lowest BCUT2D eigenvalue weighted by atomic mass is 10.0. The van der Waals surface area contributed by atoms with Gasteiger partial charge in [-0.25, -0.2) is 0 Å². The van der Waals surface area contributed by atoms with Gasteiger partial charge in [-0.2, -0.15) is 10.1 Å². The second kappa shape index (κ2) is 6.86. The molecule has 0 aliphatic carbocycles. The van der Waals surface area contributed by atoms with Gasteiger partial charge in [-0.15, -0.1) is 5.10 Å². The molecule has 1 aliphatic rings. The minimum atomic E-state index is 0.455. The molecule has 1 aromatic heterocycles. The smallest absolute Gasteiger partial charge is 0.247 e. The van der Waals surface area contributed by atoms with E-state index in [1.807, 2.05) is 12.1 Å². The summed E-state index contributed by atoms with van der Waals surface area (Å²) in [6.45, 7) is 1.64. The number of hydrogen-bond acceptors (Lipinski definition) is 5. The van der Waals surface area contributed by atoms with Crippen LogP contribution in [0.1, 0.15) is 11.1 Å². The van der Waals surface area contributed by atoms with E-state index in [-0.39, 0.29) is 0 Å². The van der Waals surface area contributed by atoms with E-state index in [1.54, 1.807) is 12.3 Å². The molecule has 4 rings (SSSR count). The van der Waals surface area contributed by atoms with Crippen molar-refractivity contribution in [2.75, 3.05) is 16.8 Å². The summed E-state index contributed by atoms with van der Waals surface area (Å²) < 4.78 is 0. The van der Waals surface area contributed by atoms with Crippen LogP contribution < -0.4 is 10.2 Å². The molecule has 0 spiro atoms. The Morgan fingerprint density at radius 3 is 2.72 bits per heavy atom. The maximum Gasteiger partial charge on any atom is 0.247 e. The monoisotopic (exact) mass is 371 g/mol. The molecule has 0 atom stereocenters. The fraction of sp³-hybridized carbons (Fsp3) is 0.167. The van der Waals surface area contributed by atoms with Crippen LogP contribution in [0.3, 0.4) is 0 Å². The molecule has 126 valence electrons. The topological polar surface area (TPSA) is 53.9 Å². The molecule has 2 heterocycles. The van der Waals surface area contributed by atoms with E-state index in [0.29, 0.717) is 27.5 Å². The van der Waals surface area contributed by atoms with E-state index >= 15 is 0 Å². The fourth-order valence-electron chi connectivity index (χ4n) is 2.89. The van der Waals surface area contributed by atoms with Crippen LogP contribution in [0.2, 0.25) is 10.0 Å². The van der Waals surface area contributed by atoms with Gasteiger partial charge in [0.1, 0.15) is 0 Å². The molecule has 2 aromatic carbocycles. The fourth-order valence-corrected chi connectivity index (χ4v) is 3.24. The Balaban J connectivity index is 1.57. The molecule has 3 aromatic rings. The molecule has 5 nitrogen and oxygen atoms in total. The SMILES string of the molecule is Clc1cccc(Nc2cnnc(N3CCc4ccccc4C3)n2)c1Cl. The molecular formula is C18H15Cl2N5. The largest absolute Gasteiger partial charge is 0.338 e. The van der Waals surface area contributed by atoms with Crippen molar-refractivity contribution >= 4 is 40.7 Å². The summed E-state index contributed by atoms with van der Waals surface area (Å²) in [6.07, 6.45) is 2.54. The van der Waals surface area contributed by atoms with Crippen molar-refractivity contribution in [2.45, 2.75) is 13.0 Å². The van der Waals surface area contributed by atoms with Crippen LogP contribution in [0.5, 0.6) is 0 Å². The summed E-state index contributed by atoms with van der Waals surface area (Å²) in [5.74, 6) is 1.17. The molecule has 0 unspecified atom stereocenters. The third-order valence-corrected chi connectivity index (χ3v) is 4.99. The van der Waals surface area contributed by atoms with Crippen molar-refractivity contribution in [3.05, 3.63) is 69.8 Å². The Bertz CT molecular complexity index is 915. The number of halogens is 2. The molecule has 7 heteroatoms. The van der Waals surface area contributed by atoms with Gasteiger partial charge in [0.2, 0.25) is 5.95 Å². The van der Waals surface area contributed by atoms with Crippen molar-refractivity contribution in [3.8, 4) is 0 Å². The normalized spacial score (nSPS) is 13.4. The Morgan fingerprint density at radius 1 is 1.00 bits per heavy atom.